The Labute approximate surface area is 236 Å². The summed E-state index contributed by atoms with van der Waals surface area (Å²) >= 11 is 6.25. The number of nitrogens with zero attached hydrogens (tertiary/aromatic N) is 2. The van der Waals surface area contributed by atoms with E-state index < -0.39 is 16.1 Å². The molecule has 39 heavy (non-hydrogen) atoms. The van der Waals surface area contributed by atoms with E-state index in [2.05, 4.69) is 5.32 Å². The summed E-state index contributed by atoms with van der Waals surface area (Å²) in [6.07, 6.45) is 1.84. The Hall–Kier alpha value is -3.36. The number of benzene rings is 3. The highest BCUT2D eigenvalue weighted by molar-refractivity contribution is 7.92. The number of nitrogens with one attached hydrogen (secondary N) is 1. The molecular formula is C30H36ClN3O4S. The molecule has 0 fully saturated rings. The number of rotatable bonds is 12. The molecule has 0 aliphatic carbocycles. The zero-order valence-corrected chi connectivity index (χ0v) is 24.4. The zero-order valence-electron chi connectivity index (χ0n) is 22.9. The maximum absolute atomic E-state index is 13.7. The summed E-state index contributed by atoms with van der Waals surface area (Å²) in [5, 5.41) is 3.18. The standard InChI is InChI=1S/C30H36ClN3O4S/c1-22-15-17-25(18-16-22)21-33(28(30(36)32-3)20-24-10-6-5-7-11-24)29(35)14-9-19-34(39(4,37)38)27-13-8-12-26(31)23(27)2/h5-8,10-13,15-18,28H,9,14,19-21H2,1-4H3,(H,32,36). The highest BCUT2D eigenvalue weighted by Crippen LogP contribution is 2.28. The fourth-order valence-corrected chi connectivity index (χ4v) is 5.64. The van der Waals surface area contributed by atoms with Crippen molar-refractivity contribution in [2.24, 2.45) is 0 Å². The quantitative estimate of drug-likeness (QED) is 0.336. The van der Waals surface area contributed by atoms with Gasteiger partial charge in [-0.25, -0.2) is 8.42 Å². The third-order valence-corrected chi connectivity index (χ3v) is 8.24. The van der Waals surface area contributed by atoms with Gasteiger partial charge in [0.05, 0.1) is 11.9 Å². The predicted octanol–water partition coefficient (Wildman–Crippen LogP) is 4.89. The molecule has 0 spiro atoms. The van der Waals surface area contributed by atoms with E-state index in [9.17, 15) is 18.0 Å². The topological polar surface area (TPSA) is 86.8 Å². The molecule has 9 heteroatoms. The molecule has 3 aromatic carbocycles. The van der Waals surface area contributed by atoms with E-state index in [1.165, 1.54) is 4.31 Å². The second-order valence-corrected chi connectivity index (χ2v) is 12.0. The lowest BCUT2D eigenvalue weighted by Gasteiger charge is -2.32. The summed E-state index contributed by atoms with van der Waals surface area (Å²) in [5.41, 5.74) is 4.08. The van der Waals surface area contributed by atoms with Gasteiger partial charge in [0.25, 0.3) is 0 Å². The fourth-order valence-electron chi connectivity index (χ4n) is 4.46. The van der Waals surface area contributed by atoms with Crippen molar-refractivity contribution in [3.63, 3.8) is 0 Å². The lowest BCUT2D eigenvalue weighted by molar-refractivity contribution is -0.141. The van der Waals surface area contributed by atoms with E-state index in [-0.39, 0.29) is 37.7 Å². The third kappa shape index (κ3) is 8.31. The number of hydrogen-bond acceptors (Lipinski definition) is 4. The van der Waals surface area contributed by atoms with E-state index in [4.69, 9.17) is 11.6 Å². The fraction of sp³-hybridized carbons (Fsp3) is 0.333. The molecule has 0 saturated heterocycles. The van der Waals surface area contributed by atoms with E-state index in [1.807, 2.05) is 61.5 Å². The van der Waals surface area contributed by atoms with Gasteiger partial charge < -0.3 is 10.2 Å². The van der Waals surface area contributed by atoms with Gasteiger partial charge in [0.2, 0.25) is 21.8 Å². The van der Waals surface area contributed by atoms with Crippen LogP contribution in [0.15, 0.2) is 72.8 Å². The highest BCUT2D eigenvalue weighted by atomic mass is 35.5. The maximum atomic E-state index is 13.7. The average Bonchev–Trinajstić information content (AvgIpc) is 2.91. The first-order valence-electron chi connectivity index (χ1n) is 12.8. The summed E-state index contributed by atoms with van der Waals surface area (Å²) in [5.74, 6) is -0.483. The molecule has 2 amide bonds. The Kier molecular flexibility index (Phi) is 10.5. The zero-order chi connectivity index (χ0) is 28.6. The summed E-state index contributed by atoms with van der Waals surface area (Å²) < 4.78 is 26.6. The van der Waals surface area contributed by atoms with Crippen molar-refractivity contribution in [3.8, 4) is 0 Å². The van der Waals surface area contributed by atoms with Gasteiger partial charge in [-0.3, -0.25) is 13.9 Å². The van der Waals surface area contributed by atoms with E-state index in [0.717, 1.165) is 22.9 Å². The molecule has 208 valence electrons. The number of anilines is 1. The van der Waals surface area contributed by atoms with Crippen molar-refractivity contribution in [1.82, 2.24) is 10.2 Å². The van der Waals surface area contributed by atoms with Crippen LogP contribution in [-0.4, -0.2) is 51.0 Å². The number of sulfonamides is 1. The van der Waals surface area contributed by atoms with Gasteiger partial charge in [-0.1, -0.05) is 77.8 Å². The first-order chi connectivity index (χ1) is 18.5. The molecule has 0 aliphatic rings. The van der Waals surface area contributed by atoms with Gasteiger partial charge in [-0.2, -0.15) is 0 Å². The monoisotopic (exact) mass is 569 g/mol. The molecule has 0 aliphatic heterocycles. The van der Waals surface area contributed by atoms with Crippen molar-refractivity contribution < 1.29 is 18.0 Å². The minimum absolute atomic E-state index is 0.0692. The van der Waals surface area contributed by atoms with Gasteiger partial charge in [0, 0.05) is 38.0 Å². The molecule has 0 saturated carbocycles. The second kappa shape index (κ2) is 13.6. The SMILES string of the molecule is CNC(=O)C(Cc1ccccc1)N(Cc1ccc(C)cc1)C(=O)CCCN(c1cccc(Cl)c1C)S(C)(=O)=O. The largest absolute Gasteiger partial charge is 0.357 e. The van der Waals surface area contributed by atoms with E-state index in [1.54, 1.807) is 37.1 Å². The minimum Gasteiger partial charge on any atom is -0.357 e. The first kappa shape index (κ1) is 30.2. The van der Waals surface area contributed by atoms with E-state index in [0.29, 0.717) is 22.7 Å². The lowest BCUT2D eigenvalue weighted by atomic mass is 10.0. The number of aryl methyl sites for hydroxylation is 1. The summed E-state index contributed by atoms with van der Waals surface area (Å²) in [6, 6.07) is 21.8. The van der Waals surface area contributed by atoms with Crippen LogP contribution in [0.3, 0.4) is 0 Å². The van der Waals surface area contributed by atoms with Crippen molar-refractivity contribution in [3.05, 3.63) is 100 Å². The molecule has 3 aromatic rings. The Morgan fingerprint density at radius 2 is 1.59 bits per heavy atom. The van der Waals surface area contributed by atoms with Crippen molar-refractivity contribution >= 4 is 39.1 Å². The predicted molar refractivity (Wildman–Crippen MR) is 157 cm³/mol. The minimum atomic E-state index is -3.62. The third-order valence-electron chi connectivity index (χ3n) is 6.65. The molecule has 1 N–H and O–H groups in total. The Morgan fingerprint density at radius 1 is 0.923 bits per heavy atom. The Morgan fingerprint density at radius 3 is 2.21 bits per heavy atom. The van der Waals surface area contributed by atoms with Gasteiger partial charge >= 0.3 is 0 Å². The lowest BCUT2D eigenvalue weighted by Crippen LogP contribution is -2.49. The number of likely N-dealkylation sites (N-methyl/N-ethyl adjacent to an activating group) is 1. The van der Waals surface area contributed by atoms with Crippen LogP contribution in [0.1, 0.15) is 35.1 Å². The Bertz CT molecular complexity index is 1380. The number of carbonyl (C=O) groups is 2. The first-order valence-corrected chi connectivity index (χ1v) is 15.1. The molecular weight excluding hydrogens is 534 g/mol. The normalized spacial score (nSPS) is 12.0. The van der Waals surface area contributed by atoms with Crippen LogP contribution in [0.5, 0.6) is 0 Å². The summed E-state index contributed by atoms with van der Waals surface area (Å²) in [6.45, 7) is 4.12. The van der Waals surface area contributed by atoms with Crippen LogP contribution >= 0.6 is 11.6 Å². The molecule has 1 atom stereocenters. The Balaban J connectivity index is 1.86. The molecule has 0 heterocycles. The number of amides is 2. The summed E-state index contributed by atoms with van der Waals surface area (Å²) in [4.78, 5) is 28.4. The molecule has 1 unspecified atom stereocenters. The van der Waals surface area contributed by atoms with Gasteiger partial charge in [0.15, 0.2) is 0 Å². The van der Waals surface area contributed by atoms with Crippen LogP contribution < -0.4 is 9.62 Å². The van der Waals surface area contributed by atoms with Crippen molar-refractivity contribution in [2.75, 3.05) is 24.2 Å². The molecule has 0 aromatic heterocycles. The van der Waals surface area contributed by atoms with Crippen LogP contribution in [0.2, 0.25) is 5.02 Å². The van der Waals surface area contributed by atoms with Gasteiger partial charge in [-0.15, -0.1) is 0 Å². The highest BCUT2D eigenvalue weighted by Gasteiger charge is 2.30. The van der Waals surface area contributed by atoms with Crippen LogP contribution in [-0.2, 0) is 32.6 Å². The molecule has 3 rings (SSSR count). The molecule has 0 bridgehead atoms. The van der Waals surface area contributed by atoms with Crippen molar-refractivity contribution in [2.45, 2.75) is 45.7 Å². The van der Waals surface area contributed by atoms with Crippen LogP contribution in [0.4, 0.5) is 5.69 Å². The average molecular weight is 570 g/mol. The number of carbonyl (C=O) groups excluding carboxylic acids is 2. The van der Waals surface area contributed by atoms with Crippen LogP contribution in [0.25, 0.3) is 0 Å². The number of halogens is 1. The van der Waals surface area contributed by atoms with E-state index >= 15 is 0 Å². The van der Waals surface area contributed by atoms with Crippen LogP contribution in [0, 0.1) is 13.8 Å². The maximum Gasteiger partial charge on any atom is 0.242 e. The molecule has 0 radical (unpaired) electrons. The summed E-state index contributed by atoms with van der Waals surface area (Å²) in [7, 11) is -2.06. The smallest absolute Gasteiger partial charge is 0.242 e. The molecule has 7 nitrogen and oxygen atoms in total. The number of hydrogen-bond donors (Lipinski definition) is 1. The van der Waals surface area contributed by atoms with Gasteiger partial charge in [-0.05, 0) is 49.1 Å². The van der Waals surface area contributed by atoms with Crippen molar-refractivity contribution in [1.29, 1.82) is 0 Å². The second-order valence-electron chi connectivity index (χ2n) is 9.65. The van der Waals surface area contributed by atoms with Gasteiger partial charge in [0.1, 0.15) is 6.04 Å².